The van der Waals surface area contributed by atoms with E-state index in [1.54, 1.807) is 24.3 Å². The summed E-state index contributed by atoms with van der Waals surface area (Å²) in [6.45, 7) is 0.158. The summed E-state index contributed by atoms with van der Waals surface area (Å²) in [6.07, 6.45) is -1.36. The van der Waals surface area contributed by atoms with E-state index in [0.29, 0.717) is 16.3 Å². The molecule has 3 aromatic rings. The third-order valence-corrected chi connectivity index (χ3v) is 6.28. The zero-order valence-electron chi connectivity index (χ0n) is 19.7. The topological polar surface area (TPSA) is 95.4 Å². The van der Waals surface area contributed by atoms with E-state index in [4.69, 9.17) is 38.1 Å². The van der Waals surface area contributed by atoms with Gasteiger partial charge in [0.15, 0.2) is 5.82 Å². The van der Waals surface area contributed by atoms with E-state index in [1.807, 2.05) is 6.07 Å². The number of hydrogen-bond acceptors (Lipinski definition) is 6. The first kappa shape index (κ1) is 28.2. The van der Waals surface area contributed by atoms with Crippen molar-refractivity contribution in [2.75, 3.05) is 6.61 Å². The molecular weight excluding hydrogens is 563 g/mol. The highest BCUT2D eigenvalue weighted by atomic mass is 35.5. The van der Waals surface area contributed by atoms with Gasteiger partial charge in [-0.1, -0.05) is 53.5 Å². The monoisotopic (exact) mass is 580 g/mol. The van der Waals surface area contributed by atoms with E-state index < -0.39 is 39.1 Å². The van der Waals surface area contributed by atoms with Crippen LogP contribution in [0, 0.1) is 17.1 Å². The summed E-state index contributed by atoms with van der Waals surface area (Å²) < 4.78 is 57.1. The number of alkyl halides is 3. The van der Waals surface area contributed by atoms with Gasteiger partial charge in [-0.25, -0.2) is 4.39 Å². The molecule has 1 aliphatic heterocycles. The maximum absolute atomic E-state index is 14.4. The molecule has 3 aromatic carbocycles. The summed E-state index contributed by atoms with van der Waals surface area (Å²) in [5, 5.41) is 10.8. The number of hydroxylamine groups is 2. The number of fused-ring (bicyclic) bond motifs is 1. The molecule has 0 radical (unpaired) electrons. The summed E-state index contributed by atoms with van der Waals surface area (Å²) in [5.74, 6) is -1.54. The first-order valence-electron chi connectivity index (χ1n) is 11.2. The van der Waals surface area contributed by atoms with E-state index in [1.165, 1.54) is 24.5 Å². The standard InChI is InChI=1S/C26H18Cl2F4N4O3/c27-20-12-15(13-21(28)23(20)29)25(26(30,31)32)14-22(36-39-25)18-6-7-19(17-5-2-1-4-16(17)18)24(37)34-9-10-35-38-11-3-8-33/h1-2,4-7,9-10,12-14,35-36H,3,11H2,(H,34,37). The van der Waals surface area contributed by atoms with Crippen molar-refractivity contribution < 1.29 is 32.0 Å². The Balaban J connectivity index is 1.69. The molecule has 0 aromatic heterocycles. The Labute approximate surface area is 229 Å². The molecule has 202 valence electrons. The number of hydrogen-bond donors (Lipinski definition) is 3. The van der Waals surface area contributed by atoms with Gasteiger partial charge in [0.2, 0.25) is 5.60 Å². The van der Waals surface area contributed by atoms with Crippen molar-refractivity contribution in [2.24, 2.45) is 0 Å². The molecule has 13 heteroatoms. The Morgan fingerprint density at radius 3 is 2.49 bits per heavy atom. The van der Waals surface area contributed by atoms with Crippen LogP contribution >= 0.6 is 23.2 Å². The lowest BCUT2D eigenvalue weighted by molar-refractivity contribution is -0.269. The van der Waals surface area contributed by atoms with Crippen LogP contribution in [0.4, 0.5) is 17.6 Å². The Bertz CT molecular complexity index is 1500. The first-order valence-corrected chi connectivity index (χ1v) is 12.0. The molecule has 1 atom stereocenters. The first-order chi connectivity index (χ1) is 18.6. The fraction of sp³-hybridized carbons (Fsp3) is 0.154. The molecule has 39 heavy (non-hydrogen) atoms. The average Bonchev–Trinajstić information content (AvgIpc) is 3.37. The van der Waals surface area contributed by atoms with Crippen LogP contribution < -0.4 is 16.3 Å². The van der Waals surface area contributed by atoms with Gasteiger partial charge in [0, 0.05) is 29.1 Å². The van der Waals surface area contributed by atoms with Crippen LogP contribution in [0.5, 0.6) is 0 Å². The summed E-state index contributed by atoms with van der Waals surface area (Å²) >= 11 is 11.5. The molecule has 1 aliphatic rings. The van der Waals surface area contributed by atoms with Crippen molar-refractivity contribution >= 4 is 45.6 Å². The number of benzene rings is 3. The molecule has 0 bridgehead atoms. The summed E-state index contributed by atoms with van der Waals surface area (Å²) in [7, 11) is 0. The van der Waals surface area contributed by atoms with Gasteiger partial charge in [0.05, 0.1) is 34.8 Å². The summed E-state index contributed by atoms with van der Waals surface area (Å²) in [6, 6.07) is 13.1. The van der Waals surface area contributed by atoms with Crippen LogP contribution in [-0.4, -0.2) is 18.7 Å². The minimum Gasteiger partial charge on any atom is -0.327 e. The Morgan fingerprint density at radius 2 is 1.82 bits per heavy atom. The quantitative estimate of drug-likeness (QED) is 0.126. The SMILES string of the molecule is N#CCCONC=CNC(=O)c1ccc(C2=CC(c3cc(Cl)c(F)c(Cl)c3)(C(F)(F)F)ON2)c2ccccc12. The van der Waals surface area contributed by atoms with E-state index in [2.05, 4.69) is 16.3 Å². The van der Waals surface area contributed by atoms with Crippen molar-refractivity contribution in [3.05, 3.63) is 99.6 Å². The second kappa shape index (κ2) is 11.5. The molecule has 4 rings (SSSR count). The highest BCUT2D eigenvalue weighted by Crippen LogP contribution is 2.49. The van der Waals surface area contributed by atoms with Gasteiger partial charge < -0.3 is 5.32 Å². The summed E-state index contributed by atoms with van der Waals surface area (Å²) in [4.78, 5) is 22.9. The Kier molecular flexibility index (Phi) is 8.32. The van der Waals surface area contributed by atoms with E-state index in [-0.39, 0.29) is 24.3 Å². The van der Waals surface area contributed by atoms with Crippen molar-refractivity contribution in [1.82, 2.24) is 16.3 Å². The van der Waals surface area contributed by atoms with Crippen LogP contribution in [0.2, 0.25) is 10.0 Å². The van der Waals surface area contributed by atoms with Crippen LogP contribution in [0.1, 0.15) is 27.9 Å². The fourth-order valence-corrected chi connectivity index (χ4v) is 4.40. The molecule has 0 aliphatic carbocycles. The Hall–Kier alpha value is -3.82. The maximum atomic E-state index is 14.4. The average molecular weight is 581 g/mol. The number of halogens is 6. The maximum Gasteiger partial charge on any atom is 0.428 e. The third-order valence-electron chi connectivity index (χ3n) is 5.73. The minimum atomic E-state index is -4.99. The highest BCUT2D eigenvalue weighted by Gasteiger charge is 2.60. The van der Waals surface area contributed by atoms with Gasteiger partial charge in [-0.2, -0.15) is 18.4 Å². The predicted octanol–water partition coefficient (Wildman–Crippen LogP) is 6.26. The zero-order chi connectivity index (χ0) is 28.2. The van der Waals surface area contributed by atoms with Crippen molar-refractivity contribution in [2.45, 2.75) is 18.2 Å². The highest BCUT2D eigenvalue weighted by molar-refractivity contribution is 6.35. The lowest BCUT2D eigenvalue weighted by Gasteiger charge is -2.28. The van der Waals surface area contributed by atoms with Gasteiger partial charge in [-0.3, -0.25) is 25.4 Å². The zero-order valence-corrected chi connectivity index (χ0v) is 21.2. The second-order valence-electron chi connectivity index (χ2n) is 8.14. The molecule has 1 amide bonds. The summed E-state index contributed by atoms with van der Waals surface area (Å²) in [5.41, 5.74) is 1.77. The molecule has 0 fully saturated rings. The normalized spacial score (nSPS) is 17.1. The molecule has 0 saturated carbocycles. The number of rotatable bonds is 8. The second-order valence-corrected chi connectivity index (χ2v) is 8.95. The molecular formula is C26H18Cl2F4N4O3. The van der Waals surface area contributed by atoms with Crippen LogP contribution in [0.15, 0.2) is 67.0 Å². The number of nitrogens with one attached hydrogen (secondary N) is 3. The molecule has 3 N–H and O–H groups in total. The van der Waals surface area contributed by atoms with Crippen LogP contribution in [0.3, 0.4) is 0 Å². The lowest BCUT2D eigenvalue weighted by Crippen LogP contribution is -2.42. The molecule has 0 spiro atoms. The van der Waals surface area contributed by atoms with Crippen molar-refractivity contribution in [1.29, 1.82) is 5.26 Å². The lowest BCUT2D eigenvalue weighted by atomic mass is 9.90. The number of amides is 1. The molecule has 7 nitrogen and oxygen atoms in total. The van der Waals surface area contributed by atoms with Crippen molar-refractivity contribution in [3.63, 3.8) is 0 Å². The Morgan fingerprint density at radius 1 is 1.13 bits per heavy atom. The van der Waals surface area contributed by atoms with Gasteiger partial charge in [0.25, 0.3) is 5.91 Å². The van der Waals surface area contributed by atoms with Crippen LogP contribution in [-0.2, 0) is 15.3 Å². The molecule has 0 saturated heterocycles. The van der Waals surface area contributed by atoms with E-state index in [0.717, 1.165) is 18.2 Å². The number of nitrogens with zero attached hydrogens (tertiary/aromatic N) is 1. The van der Waals surface area contributed by atoms with Crippen molar-refractivity contribution in [3.8, 4) is 6.07 Å². The van der Waals surface area contributed by atoms with E-state index >= 15 is 0 Å². The molecule has 1 heterocycles. The van der Waals surface area contributed by atoms with Gasteiger partial charge in [-0.05, 0) is 35.0 Å². The van der Waals surface area contributed by atoms with Gasteiger partial charge >= 0.3 is 6.18 Å². The predicted molar refractivity (Wildman–Crippen MR) is 136 cm³/mol. The van der Waals surface area contributed by atoms with Gasteiger partial charge in [0.1, 0.15) is 0 Å². The van der Waals surface area contributed by atoms with Crippen LogP contribution in [0.25, 0.3) is 16.5 Å². The minimum absolute atomic E-state index is 0.0364. The number of nitriles is 1. The third kappa shape index (κ3) is 5.65. The largest absolute Gasteiger partial charge is 0.428 e. The number of carbonyl (C=O) groups excluding carboxylic acids is 1. The van der Waals surface area contributed by atoms with E-state index in [9.17, 15) is 22.4 Å². The smallest absolute Gasteiger partial charge is 0.327 e. The van der Waals surface area contributed by atoms with Gasteiger partial charge in [-0.15, -0.1) is 0 Å². The fourth-order valence-electron chi connectivity index (χ4n) is 3.91. The number of carbonyl (C=O) groups is 1. The molecule has 1 unspecified atom stereocenters.